The minimum absolute atomic E-state index is 0.331. The first kappa shape index (κ1) is 11.9. The van der Waals surface area contributed by atoms with Crippen LogP contribution in [0, 0.1) is 11.8 Å². The second-order valence-electron chi connectivity index (χ2n) is 4.82. The maximum Gasteiger partial charge on any atom is 0.135 e. The van der Waals surface area contributed by atoms with Crippen molar-refractivity contribution in [2.75, 3.05) is 7.11 Å². The second-order valence-corrected chi connectivity index (χ2v) is 5.77. The lowest BCUT2D eigenvalue weighted by molar-refractivity contribution is 0.0765. The highest BCUT2D eigenvalue weighted by Gasteiger charge is 2.28. The van der Waals surface area contributed by atoms with E-state index in [1.807, 2.05) is 11.4 Å². The maximum atomic E-state index is 10.4. The van der Waals surface area contributed by atoms with Crippen molar-refractivity contribution in [1.29, 1.82) is 0 Å². The summed E-state index contributed by atoms with van der Waals surface area (Å²) in [7, 11) is 1.67. The molecule has 2 rings (SSSR count). The lowest BCUT2D eigenvalue weighted by Gasteiger charge is -2.29. The van der Waals surface area contributed by atoms with Gasteiger partial charge in [-0.2, -0.15) is 0 Å². The number of rotatable bonds is 3. The van der Waals surface area contributed by atoms with Gasteiger partial charge in [-0.05, 0) is 36.1 Å². The van der Waals surface area contributed by atoms with Gasteiger partial charge in [0.2, 0.25) is 0 Å². The second kappa shape index (κ2) is 5.19. The molecule has 0 aromatic carbocycles. The molecule has 2 nitrogen and oxygen atoms in total. The Labute approximate surface area is 101 Å². The van der Waals surface area contributed by atoms with E-state index in [4.69, 9.17) is 4.74 Å². The van der Waals surface area contributed by atoms with Crippen molar-refractivity contribution in [2.24, 2.45) is 11.8 Å². The Kier molecular flexibility index (Phi) is 3.87. The number of methoxy groups -OCH3 is 1. The summed E-state index contributed by atoms with van der Waals surface area (Å²) in [5.41, 5.74) is 0. The van der Waals surface area contributed by atoms with Gasteiger partial charge in [-0.1, -0.05) is 19.8 Å². The topological polar surface area (TPSA) is 29.5 Å². The Morgan fingerprint density at radius 2 is 2.06 bits per heavy atom. The highest BCUT2D eigenvalue weighted by molar-refractivity contribution is 7.10. The number of thiophene rings is 1. The van der Waals surface area contributed by atoms with Crippen LogP contribution in [0.2, 0.25) is 0 Å². The molecule has 0 bridgehead atoms. The van der Waals surface area contributed by atoms with Gasteiger partial charge in [0, 0.05) is 0 Å². The zero-order valence-corrected chi connectivity index (χ0v) is 10.8. The van der Waals surface area contributed by atoms with E-state index in [1.54, 1.807) is 18.4 Å². The zero-order chi connectivity index (χ0) is 11.5. The van der Waals surface area contributed by atoms with Crippen LogP contribution in [0.15, 0.2) is 11.4 Å². The van der Waals surface area contributed by atoms with Crippen molar-refractivity contribution in [3.8, 4) is 5.75 Å². The molecule has 1 aromatic heterocycles. The Hall–Kier alpha value is -0.540. The molecule has 1 saturated carbocycles. The number of aliphatic hydroxyl groups excluding tert-OH is 1. The molecule has 1 N–H and O–H groups in total. The highest BCUT2D eigenvalue weighted by atomic mass is 32.1. The molecule has 1 fully saturated rings. The Morgan fingerprint density at radius 1 is 1.38 bits per heavy atom. The standard InChI is InChI=1S/C13H20O2S/c1-9-3-5-10(6-4-9)12(14)13-11(15-2)7-8-16-13/h7-10,12,14H,3-6H2,1-2H3. The Bertz CT molecular complexity index is 326. The normalized spacial score (nSPS) is 27.7. The van der Waals surface area contributed by atoms with Gasteiger partial charge in [0.1, 0.15) is 5.75 Å². The average Bonchev–Trinajstić information content (AvgIpc) is 2.77. The number of hydrogen-bond donors (Lipinski definition) is 1. The van der Waals surface area contributed by atoms with E-state index in [1.165, 1.54) is 12.8 Å². The highest BCUT2D eigenvalue weighted by Crippen LogP contribution is 2.41. The Morgan fingerprint density at radius 3 is 2.69 bits per heavy atom. The zero-order valence-electron chi connectivity index (χ0n) is 9.98. The van der Waals surface area contributed by atoms with E-state index in [9.17, 15) is 5.11 Å². The maximum absolute atomic E-state index is 10.4. The smallest absolute Gasteiger partial charge is 0.135 e. The largest absolute Gasteiger partial charge is 0.495 e. The van der Waals surface area contributed by atoms with Gasteiger partial charge in [0.05, 0.1) is 18.1 Å². The summed E-state index contributed by atoms with van der Waals surface area (Å²) < 4.78 is 5.27. The molecule has 90 valence electrons. The summed E-state index contributed by atoms with van der Waals surface area (Å²) in [4.78, 5) is 1.00. The minimum Gasteiger partial charge on any atom is -0.495 e. The van der Waals surface area contributed by atoms with Crippen LogP contribution in [0.1, 0.15) is 43.6 Å². The third kappa shape index (κ3) is 2.41. The molecule has 0 saturated heterocycles. The van der Waals surface area contributed by atoms with E-state index in [0.717, 1.165) is 29.4 Å². The summed E-state index contributed by atoms with van der Waals surface area (Å²) in [5, 5.41) is 12.4. The van der Waals surface area contributed by atoms with Crippen LogP contribution in [-0.4, -0.2) is 12.2 Å². The molecule has 0 aliphatic heterocycles. The van der Waals surface area contributed by atoms with Crippen molar-refractivity contribution in [3.05, 3.63) is 16.3 Å². The molecule has 1 unspecified atom stereocenters. The molecule has 0 amide bonds. The van der Waals surface area contributed by atoms with Crippen molar-refractivity contribution in [2.45, 2.75) is 38.7 Å². The SMILES string of the molecule is COc1ccsc1C(O)C1CCC(C)CC1. The van der Waals surface area contributed by atoms with Crippen LogP contribution >= 0.6 is 11.3 Å². The van der Waals surface area contributed by atoms with Crippen molar-refractivity contribution in [3.63, 3.8) is 0 Å². The first-order valence-electron chi connectivity index (χ1n) is 6.01. The molecule has 1 atom stereocenters. The molecule has 1 aliphatic rings. The molecule has 1 heterocycles. The minimum atomic E-state index is -0.331. The van der Waals surface area contributed by atoms with Crippen LogP contribution in [-0.2, 0) is 0 Å². The van der Waals surface area contributed by atoms with E-state index in [2.05, 4.69) is 6.92 Å². The third-order valence-corrected chi connectivity index (χ3v) is 4.62. The number of aliphatic hydroxyl groups is 1. The molecule has 16 heavy (non-hydrogen) atoms. The van der Waals surface area contributed by atoms with Crippen molar-refractivity contribution >= 4 is 11.3 Å². The van der Waals surface area contributed by atoms with Gasteiger partial charge in [0.25, 0.3) is 0 Å². The molecule has 3 heteroatoms. The van der Waals surface area contributed by atoms with Crippen LogP contribution in [0.25, 0.3) is 0 Å². The molecular formula is C13H20O2S. The van der Waals surface area contributed by atoms with Gasteiger partial charge >= 0.3 is 0 Å². The Balaban J connectivity index is 2.04. The quantitative estimate of drug-likeness (QED) is 0.874. The van der Waals surface area contributed by atoms with Gasteiger partial charge in [0.15, 0.2) is 0 Å². The fourth-order valence-electron chi connectivity index (χ4n) is 2.51. The fourth-order valence-corrected chi connectivity index (χ4v) is 3.45. The lowest BCUT2D eigenvalue weighted by atomic mass is 9.80. The van der Waals surface area contributed by atoms with E-state index in [-0.39, 0.29) is 6.10 Å². The van der Waals surface area contributed by atoms with E-state index in [0.29, 0.717) is 5.92 Å². The predicted molar refractivity (Wildman–Crippen MR) is 67.0 cm³/mol. The molecule has 1 aromatic rings. The third-order valence-electron chi connectivity index (χ3n) is 3.65. The van der Waals surface area contributed by atoms with Crippen LogP contribution < -0.4 is 4.74 Å². The van der Waals surface area contributed by atoms with Gasteiger partial charge in [-0.25, -0.2) is 0 Å². The average molecular weight is 240 g/mol. The molecule has 0 radical (unpaired) electrons. The van der Waals surface area contributed by atoms with Gasteiger partial charge in [-0.15, -0.1) is 11.3 Å². The number of ether oxygens (including phenoxy) is 1. The first-order valence-corrected chi connectivity index (χ1v) is 6.89. The van der Waals surface area contributed by atoms with Crippen LogP contribution in [0.3, 0.4) is 0 Å². The van der Waals surface area contributed by atoms with Gasteiger partial charge in [-0.3, -0.25) is 0 Å². The van der Waals surface area contributed by atoms with Crippen LogP contribution in [0.5, 0.6) is 5.75 Å². The summed E-state index contributed by atoms with van der Waals surface area (Å²) in [5.74, 6) is 2.09. The van der Waals surface area contributed by atoms with Crippen molar-refractivity contribution < 1.29 is 9.84 Å². The van der Waals surface area contributed by atoms with E-state index < -0.39 is 0 Å². The lowest BCUT2D eigenvalue weighted by Crippen LogP contribution is -2.19. The van der Waals surface area contributed by atoms with Crippen molar-refractivity contribution in [1.82, 2.24) is 0 Å². The fraction of sp³-hybridized carbons (Fsp3) is 0.692. The summed E-state index contributed by atoms with van der Waals surface area (Å²) in [6.45, 7) is 2.30. The number of hydrogen-bond acceptors (Lipinski definition) is 3. The predicted octanol–water partition coefficient (Wildman–Crippen LogP) is 3.62. The first-order chi connectivity index (χ1) is 7.72. The monoisotopic (exact) mass is 240 g/mol. The summed E-state index contributed by atoms with van der Waals surface area (Å²) >= 11 is 1.60. The summed E-state index contributed by atoms with van der Waals surface area (Å²) in [6.07, 6.45) is 4.44. The van der Waals surface area contributed by atoms with Crippen LogP contribution in [0.4, 0.5) is 0 Å². The molecule has 1 aliphatic carbocycles. The van der Waals surface area contributed by atoms with E-state index >= 15 is 0 Å². The summed E-state index contributed by atoms with van der Waals surface area (Å²) in [6, 6.07) is 1.94. The van der Waals surface area contributed by atoms with Gasteiger partial charge < -0.3 is 9.84 Å². The molecule has 0 spiro atoms. The molecular weight excluding hydrogens is 220 g/mol.